The molecule has 2 N–H and O–H groups in total. The molecule has 0 aliphatic heterocycles. The van der Waals surface area contributed by atoms with Crippen LogP contribution in [0.15, 0.2) is 30.5 Å². The van der Waals surface area contributed by atoms with E-state index in [-0.39, 0.29) is 11.6 Å². The number of imidazole rings is 1. The molecule has 9 nitrogen and oxygen atoms in total. The maximum absolute atomic E-state index is 12.6. The molecule has 0 radical (unpaired) electrons. The monoisotopic (exact) mass is 430 g/mol. The Morgan fingerprint density at radius 3 is 2.53 bits per heavy atom. The van der Waals surface area contributed by atoms with Crippen LogP contribution in [-0.2, 0) is 16.5 Å². The van der Waals surface area contributed by atoms with Crippen molar-refractivity contribution in [2.24, 2.45) is 7.05 Å². The maximum Gasteiger partial charge on any atom is 0.413 e. The highest BCUT2D eigenvalue weighted by atomic mass is 32.1. The lowest BCUT2D eigenvalue weighted by Gasteiger charge is -2.18. The van der Waals surface area contributed by atoms with Crippen molar-refractivity contribution in [3.63, 3.8) is 0 Å². The van der Waals surface area contributed by atoms with Crippen LogP contribution in [-0.4, -0.2) is 40.2 Å². The number of hydrogen-bond donors (Lipinski definition) is 2. The summed E-state index contributed by atoms with van der Waals surface area (Å²) in [6.45, 7) is 5.26. The van der Waals surface area contributed by atoms with Crippen molar-refractivity contribution in [2.45, 2.75) is 26.4 Å². The highest BCUT2D eigenvalue weighted by Crippen LogP contribution is 2.28. The van der Waals surface area contributed by atoms with Gasteiger partial charge in [-0.2, -0.15) is 0 Å². The summed E-state index contributed by atoms with van der Waals surface area (Å²) in [6, 6.07) is 7.03. The minimum absolute atomic E-state index is 0.113. The number of thiophene rings is 1. The Balaban J connectivity index is 1.73. The normalized spacial score (nSPS) is 11.2. The third kappa shape index (κ3) is 4.95. The van der Waals surface area contributed by atoms with E-state index in [0.717, 1.165) is 10.1 Å². The molecule has 1 aromatic carbocycles. The zero-order valence-corrected chi connectivity index (χ0v) is 18.0. The molecule has 0 saturated heterocycles. The third-order valence-corrected chi connectivity index (χ3v) is 4.97. The molecule has 0 atom stereocenters. The highest BCUT2D eigenvalue weighted by Gasteiger charge is 2.20. The molecule has 10 heteroatoms. The molecule has 30 heavy (non-hydrogen) atoms. The minimum Gasteiger partial charge on any atom is -0.465 e. The number of aryl methyl sites for hydroxylation is 1. The van der Waals surface area contributed by atoms with Crippen LogP contribution in [0, 0.1) is 0 Å². The number of benzene rings is 1. The number of amides is 2. The molecule has 0 saturated carbocycles. The van der Waals surface area contributed by atoms with Gasteiger partial charge in [-0.05, 0) is 50.4 Å². The van der Waals surface area contributed by atoms with Gasteiger partial charge in [0.2, 0.25) is 5.82 Å². The van der Waals surface area contributed by atoms with E-state index in [1.54, 1.807) is 46.0 Å². The van der Waals surface area contributed by atoms with Gasteiger partial charge < -0.3 is 19.4 Å². The van der Waals surface area contributed by atoms with Crippen LogP contribution in [0.5, 0.6) is 0 Å². The standard InChI is InChI=1S/C20H22N4O5S/c1-20(2,3)29-19(27)23-15-10-24(4)16(22-15)17(25)21-12-6-7-13-11(8-12)9-14(30-13)18(26)28-5/h6-10H,1-5H3,(H,21,25)(H,23,27). The molecule has 0 fully saturated rings. The van der Waals surface area contributed by atoms with Crippen molar-refractivity contribution in [1.82, 2.24) is 9.55 Å². The molecule has 3 aromatic rings. The lowest BCUT2D eigenvalue weighted by Crippen LogP contribution is -2.27. The lowest BCUT2D eigenvalue weighted by molar-refractivity contribution is 0.0603. The smallest absolute Gasteiger partial charge is 0.413 e. The number of nitrogens with one attached hydrogen (secondary N) is 2. The number of carbonyl (C=O) groups excluding carboxylic acids is 3. The SMILES string of the molecule is COC(=O)c1cc2cc(NC(=O)c3nc(NC(=O)OC(C)(C)C)cn3C)ccc2s1. The van der Waals surface area contributed by atoms with E-state index in [0.29, 0.717) is 10.6 Å². The van der Waals surface area contributed by atoms with E-state index >= 15 is 0 Å². The number of carbonyl (C=O) groups is 3. The fourth-order valence-corrected chi connectivity index (χ4v) is 3.62. The van der Waals surface area contributed by atoms with Gasteiger partial charge in [-0.25, -0.2) is 14.6 Å². The fourth-order valence-electron chi connectivity index (χ4n) is 2.66. The van der Waals surface area contributed by atoms with Gasteiger partial charge in [0.15, 0.2) is 5.82 Å². The number of anilines is 2. The molecule has 2 amide bonds. The van der Waals surface area contributed by atoms with Gasteiger partial charge in [-0.1, -0.05) is 0 Å². The first-order chi connectivity index (χ1) is 14.1. The van der Waals surface area contributed by atoms with Crippen molar-refractivity contribution in [2.75, 3.05) is 17.7 Å². The van der Waals surface area contributed by atoms with Crippen LogP contribution in [0.25, 0.3) is 10.1 Å². The Labute approximate surface area is 177 Å². The molecule has 3 rings (SSSR count). The van der Waals surface area contributed by atoms with E-state index < -0.39 is 23.6 Å². The Kier molecular flexibility index (Phi) is 5.79. The molecule has 0 aliphatic carbocycles. The number of aromatic nitrogens is 2. The van der Waals surface area contributed by atoms with Gasteiger partial charge in [0, 0.05) is 23.6 Å². The summed E-state index contributed by atoms with van der Waals surface area (Å²) in [7, 11) is 2.98. The summed E-state index contributed by atoms with van der Waals surface area (Å²) in [5, 5.41) is 6.09. The highest BCUT2D eigenvalue weighted by molar-refractivity contribution is 7.20. The van der Waals surface area contributed by atoms with E-state index in [2.05, 4.69) is 15.6 Å². The van der Waals surface area contributed by atoms with Crippen molar-refractivity contribution in [3.05, 3.63) is 41.2 Å². The number of fused-ring (bicyclic) bond motifs is 1. The Bertz CT molecular complexity index is 1130. The largest absolute Gasteiger partial charge is 0.465 e. The van der Waals surface area contributed by atoms with Gasteiger partial charge >= 0.3 is 12.1 Å². The molecule has 2 heterocycles. The zero-order valence-electron chi connectivity index (χ0n) is 17.2. The van der Waals surface area contributed by atoms with Crippen molar-refractivity contribution >= 4 is 50.9 Å². The first kappa shape index (κ1) is 21.3. The number of nitrogens with zero attached hydrogens (tertiary/aromatic N) is 2. The summed E-state index contributed by atoms with van der Waals surface area (Å²) in [5.74, 6) is -0.535. The van der Waals surface area contributed by atoms with Crippen molar-refractivity contribution in [3.8, 4) is 0 Å². The predicted molar refractivity (Wildman–Crippen MR) is 114 cm³/mol. The fraction of sp³-hybridized carbons (Fsp3) is 0.300. The summed E-state index contributed by atoms with van der Waals surface area (Å²) >= 11 is 1.31. The van der Waals surface area contributed by atoms with E-state index in [1.807, 2.05) is 6.07 Å². The first-order valence-electron chi connectivity index (χ1n) is 9.02. The van der Waals surface area contributed by atoms with E-state index in [1.165, 1.54) is 29.2 Å². The summed E-state index contributed by atoms with van der Waals surface area (Å²) < 4.78 is 12.3. The molecule has 0 aliphatic rings. The van der Waals surface area contributed by atoms with Crippen LogP contribution >= 0.6 is 11.3 Å². The molecular weight excluding hydrogens is 408 g/mol. The number of ether oxygens (including phenoxy) is 2. The average Bonchev–Trinajstić information content (AvgIpc) is 3.22. The Morgan fingerprint density at radius 2 is 1.87 bits per heavy atom. The van der Waals surface area contributed by atoms with Crippen LogP contribution in [0.3, 0.4) is 0 Å². The quantitative estimate of drug-likeness (QED) is 0.605. The van der Waals surface area contributed by atoms with Crippen LogP contribution < -0.4 is 10.6 Å². The Hall–Kier alpha value is -3.40. The summed E-state index contributed by atoms with van der Waals surface area (Å²) in [5.41, 5.74) is -0.0982. The second-order valence-corrected chi connectivity index (χ2v) is 8.58. The van der Waals surface area contributed by atoms with Gasteiger partial charge in [-0.15, -0.1) is 11.3 Å². The topological polar surface area (TPSA) is 112 Å². The lowest BCUT2D eigenvalue weighted by atomic mass is 10.2. The zero-order chi connectivity index (χ0) is 22.1. The van der Waals surface area contributed by atoms with Crippen molar-refractivity contribution < 1.29 is 23.9 Å². The van der Waals surface area contributed by atoms with Crippen molar-refractivity contribution in [1.29, 1.82) is 0 Å². The molecular formula is C20H22N4O5S. The van der Waals surface area contributed by atoms with Crippen LogP contribution in [0.4, 0.5) is 16.3 Å². The number of hydrogen-bond acceptors (Lipinski definition) is 7. The molecule has 0 spiro atoms. The number of rotatable bonds is 4. The van der Waals surface area contributed by atoms with E-state index in [9.17, 15) is 14.4 Å². The number of esters is 1. The van der Waals surface area contributed by atoms with Gasteiger partial charge in [0.25, 0.3) is 5.91 Å². The third-order valence-electron chi connectivity index (χ3n) is 3.87. The van der Waals surface area contributed by atoms with Gasteiger partial charge in [0.05, 0.1) is 7.11 Å². The second kappa shape index (κ2) is 8.15. The average molecular weight is 430 g/mol. The molecule has 2 aromatic heterocycles. The first-order valence-corrected chi connectivity index (χ1v) is 9.84. The minimum atomic E-state index is -0.656. The molecule has 0 bridgehead atoms. The van der Waals surface area contributed by atoms with Gasteiger partial charge in [0.1, 0.15) is 10.5 Å². The molecule has 0 unspecified atom stereocenters. The summed E-state index contributed by atoms with van der Waals surface area (Å²) in [4.78, 5) is 40.9. The van der Waals surface area contributed by atoms with Gasteiger partial charge in [-0.3, -0.25) is 10.1 Å². The Morgan fingerprint density at radius 1 is 1.13 bits per heavy atom. The van der Waals surface area contributed by atoms with E-state index in [4.69, 9.17) is 9.47 Å². The predicted octanol–water partition coefficient (Wildman–Crippen LogP) is 4.02. The second-order valence-electron chi connectivity index (χ2n) is 7.50. The molecule has 158 valence electrons. The summed E-state index contributed by atoms with van der Waals surface area (Å²) in [6.07, 6.45) is 0.862. The maximum atomic E-state index is 12.6. The van der Waals surface area contributed by atoms with Crippen LogP contribution in [0.2, 0.25) is 0 Å². The number of methoxy groups -OCH3 is 1. The van der Waals surface area contributed by atoms with Crippen LogP contribution in [0.1, 0.15) is 41.1 Å².